The van der Waals surface area contributed by atoms with Gasteiger partial charge >= 0.3 is 12.2 Å². The van der Waals surface area contributed by atoms with Crippen LogP contribution in [-0.2, 0) is 9.47 Å². The Balaban J connectivity index is 1.78. The first-order valence-corrected chi connectivity index (χ1v) is 14.7. The number of halogens is 2. The Hall–Kier alpha value is -4.54. The van der Waals surface area contributed by atoms with Crippen LogP contribution < -0.4 is 10.6 Å². The molecule has 0 aromatic heterocycles. The molecule has 2 aromatic carbocycles. The molecule has 242 valence electrons. The molecular weight excluding hydrogens is 582 g/mol. The number of hydrogen-bond acceptors (Lipinski definition) is 5. The molecule has 0 spiro atoms. The summed E-state index contributed by atoms with van der Waals surface area (Å²) >= 11 is 0. The average Bonchev–Trinajstić information content (AvgIpc) is 2.93. The van der Waals surface area contributed by atoms with Gasteiger partial charge < -0.3 is 19.7 Å². The van der Waals surface area contributed by atoms with Gasteiger partial charge in [-0.05, 0) is 104 Å². The summed E-state index contributed by atoms with van der Waals surface area (Å²) in [6.45, 7) is 15.9. The van der Waals surface area contributed by atoms with Gasteiger partial charge in [0, 0.05) is 41.0 Å². The number of alkyl carbamates (subject to hydrolysis) is 1. The summed E-state index contributed by atoms with van der Waals surface area (Å²) in [6, 6.07) is 7.39. The van der Waals surface area contributed by atoms with Crippen LogP contribution in [0.15, 0.2) is 47.5 Å². The van der Waals surface area contributed by atoms with E-state index in [1.165, 1.54) is 12.1 Å². The zero-order valence-electron chi connectivity index (χ0n) is 27.4. The van der Waals surface area contributed by atoms with Crippen LogP contribution >= 0.6 is 0 Å². The van der Waals surface area contributed by atoms with E-state index in [-0.39, 0.29) is 23.6 Å². The standard InChI is InChI=1S/C34H42F2N4O5/c1-10-20(2)24-13-14-27(21(3)28(24)36)37-29(41)23-11-12-25(26(35)19-23)22-15-17-40(18-16-22)30(38-31(42)44-33(4,5)6)39-32(43)45-34(7,8)9/h10-15,19H,16-18H2,1-9H3,(H,37,41)(H,38,39,42,43)/b20-10+. The Morgan fingerprint density at radius 3 is 2.22 bits per heavy atom. The minimum atomic E-state index is -0.884. The molecule has 0 radical (unpaired) electrons. The highest BCUT2D eigenvalue weighted by Crippen LogP contribution is 2.28. The fourth-order valence-corrected chi connectivity index (χ4v) is 4.44. The third-order valence-corrected chi connectivity index (χ3v) is 6.78. The van der Waals surface area contributed by atoms with Crippen molar-refractivity contribution >= 4 is 40.9 Å². The summed E-state index contributed by atoms with van der Waals surface area (Å²) in [6.07, 6.45) is 2.23. The second-order valence-electron chi connectivity index (χ2n) is 12.7. The van der Waals surface area contributed by atoms with E-state index in [1.807, 2.05) is 6.92 Å². The van der Waals surface area contributed by atoms with Gasteiger partial charge in [0.2, 0.25) is 5.96 Å². The largest absolute Gasteiger partial charge is 0.444 e. The van der Waals surface area contributed by atoms with Gasteiger partial charge in [0.05, 0.1) is 0 Å². The van der Waals surface area contributed by atoms with E-state index in [0.717, 1.165) is 11.6 Å². The summed E-state index contributed by atoms with van der Waals surface area (Å²) in [5, 5.41) is 5.20. The lowest BCUT2D eigenvalue weighted by Gasteiger charge is -2.30. The van der Waals surface area contributed by atoms with Crippen LogP contribution in [-0.4, -0.2) is 53.2 Å². The monoisotopic (exact) mass is 624 g/mol. The molecule has 0 atom stereocenters. The van der Waals surface area contributed by atoms with Gasteiger partial charge in [-0.15, -0.1) is 4.99 Å². The van der Waals surface area contributed by atoms with Crippen molar-refractivity contribution in [3.05, 3.63) is 76.4 Å². The molecule has 1 aliphatic rings. The number of nitrogens with one attached hydrogen (secondary N) is 2. The Kier molecular flexibility index (Phi) is 10.9. The Bertz CT molecular complexity index is 1570. The Morgan fingerprint density at radius 2 is 1.67 bits per heavy atom. The molecule has 0 unspecified atom stereocenters. The number of allylic oxidation sites excluding steroid dienone is 2. The zero-order valence-corrected chi connectivity index (χ0v) is 27.4. The van der Waals surface area contributed by atoms with E-state index in [1.54, 1.807) is 84.6 Å². The molecule has 3 rings (SSSR count). The van der Waals surface area contributed by atoms with E-state index in [4.69, 9.17) is 9.47 Å². The van der Waals surface area contributed by atoms with Gasteiger partial charge in [-0.25, -0.2) is 18.4 Å². The minimum absolute atomic E-state index is 0.0538. The zero-order chi connectivity index (χ0) is 33.7. The summed E-state index contributed by atoms with van der Waals surface area (Å²) < 4.78 is 40.8. The third kappa shape index (κ3) is 9.72. The maximum atomic E-state index is 15.3. The normalized spacial score (nSPS) is 14.5. The molecular formula is C34H42F2N4O5. The van der Waals surface area contributed by atoms with Crippen LogP contribution in [0.4, 0.5) is 24.1 Å². The van der Waals surface area contributed by atoms with Crippen LogP contribution in [0.1, 0.15) is 88.9 Å². The van der Waals surface area contributed by atoms with Gasteiger partial charge in [0.25, 0.3) is 5.91 Å². The molecule has 0 bridgehead atoms. The summed E-state index contributed by atoms with van der Waals surface area (Å²) in [5.74, 6) is -1.65. The molecule has 9 nitrogen and oxygen atoms in total. The number of anilines is 1. The molecule has 2 N–H and O–H groups in total. The van der Waals surface area contributed by atoms with E-state index >= 15 is 4.39 Å². The summed E-state index contributed by atoms with van der Waals surface area (Å²) in [7, 11) is 0. The predicted molar refractivity (Wildman–Crippen MR) is 172 cm³/mol. The van der Waals surface area contributed by atoms with Gasteiger partial charge in [0.15, 0.2) is 0 Å². The number of rotatable bonds is 4. The molecule has 0 saturated carbocycles. The quantitative estimate of drug-likeness (QED) is 0.265. The van der Waals surface area contributed by atoms with Gasteiger partial charge in [-0.2, -0.15) is 0 Å². The highest BCUT2D eigenvalue weighted by Gasteiger charge is 2.25. The van der Waals surface area contributed by atoms with Crippen LogP contribution in [0.2, 0.25) is 0 Å². The van der Waals surface area contributed by atoms with E-state index < -0.39 is 40.9 Å². The third-order valence-electron chi connectivity index (χ3n) is 6.78. The van der Waals surface area contributed by atoms with Gasteiger partial charge in [-0.3, -0.25) is 10.1 Å². The maximum Gasteiger partial charge on any atom is 0.437 e. The number of guanidine groups is 1. The first-order chi connectivity index (χ1) is 20.9. The van der Waals surface area contributed by atoms with Crippen LogP contribution in [0.3, 0.4) is 0 Å². The SMILES string of the molecule is C/C=C(\C)c1ccc(NC(=O)c2ccc(C3=CCN(/C(=N\C(=O)OC(C)(C)C)NC(=O)OC(C)(C)C)CC3)c(F)c2)c(C)c1F. The fourth-order valence-electron chi connectivity index (χ4n) is 4.44. The fraction of sp³-hybridized carbons (Fsp3) is 0.412. The van der Waals surface area contributed by atoms with Crippen LogP contribution in [0.25, 0.3) is 11.1 Å². The summed E-state index contributed by atoms with van der Waals surface area (Å²) in [4.78, 5) is 43.5. The van der Waals surface area contributed by atoms with E-state index in [9.17, 15) is 18.8 Å². The number of benzene rings is 2. The van der Waals surface area contributed by atoms with Crippen molar-refractivity contribution in [1.29, 1.82) is 0 Å². The van der Waals surface area contributed by atoms with Gasteiger partial charge in [-0.1, -0.05) is 18.2 Å². The molecule has 1 aliphatic heterocycles. The number of aliphatic imine (C=N–C) groups is 1. The topological polar surface area (TPSA) is 109 Å². The lowest BCUT2D eigenvalue weighted by Crippen LogP contribution is -2.48. The number of nitrogens with zero attached hydrogens (tertiary/aromatic N) is 2. The molecule has 3 amide bonds. The van der Waals surface area contributed by atoms with E-state index in [0.29, 0.717) is 35.4 Å². The van der Waals surface area contributed by atoms with Crippen molar-refractivity contribution in [3.8, 4) is 0 Å². The van der Waals surface area contributed by atoms with Crippen molar-refractivity contribution in [2.45, 2.75) is 79.9 Å². The number of ether oxygens (including phenoxy) is 2. The maximum absolute atomic E-state index is 15.3. The smallest absolute Gasteiger partial charge is 0.437 e. The van der Waals surface area contributed by atoms with E-state index in [2.05, 4.69) is 15.6 Å². The minimum Gasteiger partial charge on any atom is -0.444 e. The van der Waals surface area contributed by atoms with Crippen molar-refractivity contribution in [1.82, 2.24) is 10.2 Å². The number of carbonyl (C=O) groups excluding carboxylic acids is 3. The molecule has 2 aromatic rings. The highest BCUT2D eigenvalue weighted by molar-refractivity contribution is 6.05. The van der Waals surface area contributed by atoms with Crippen molar-refractivity contribution in [3.63, 3.8) is 0 Å². The van der Waals surface area contributed by atoms with Crippen molar-refractivity contribution in [2.75, 3.05) is 18.4 Å². The molecule has 0 fully saturated rings. The second kappa shape index (κ2) is 14.0. The molecule has 0 aliphatic carbocycles. The molecule has 11 heteroatoms. The molecule has 0 saturated heterocycles. The predicted octanol–water partition coefficient (Wildman–Crippen LogP) is 7.85. The number of amides is 3. The lowest BCUT2D eigenvalue weighted by molar-refractivity contribution is 0.0554. The number of carbonyl (C=O) groups is 3. The van der Waals surface area contributed by atoms with Gasteiger partial charge in [0.1, 0.15) is 22.8 Å². The lowest BCUT2D eigenvalue weighted by atomic mass is 9.97. The number of hydrogen-bond donors (Lipinski definition) is 2. The highest BCUT2D eigenvalue weighted by atomic mass is 19.1. The Labute approximate surface area is 263 Å². The Morgan fingerprint density at radius 1 is 1.00 bits per heavy atom. The first kappa shape index (κ1) is 34.9. The van der Waals surface area contributed by atoms with Crippen LogP contribution in [0.5, 0.6) is 0 Å². The average molecular weight is 625 g/mol. The second-order valence-corrected chi connectivity index (χ2v) is 12.7. The van der Waals surface area contributed by atoms with Crippen LogP contribution in [0, 0.1) is 18.6 Å². The van der Waals surface area contributed by atoms with Crippen molar-refractivity contribution < 1.29 is 32.6 Å². The first-order valence-electron chi connectivity index (χ1n) is 14.7. The summed E-state index contributed by atoms with van der Waals surface area (Å²) in [5.41, 5.74) is 1.31. The molecule has 1 heterocycles. The van der Waals surface area contributed by atoms with Crippen molar-refractivity contribution in [2.24, 2.45) is 4.99 Å². The molecule has 45 heavy (non-hydrogen) atoms.